The lowest BCUT2D eigenvalue weighted by Crippen LogP contribution is -2.35. The van der Waals surface area contributed by atoms with Crippen molar-refractivity contribution in [3.05, 3.63) is 35.9 Å². The van der Waals surface area contributed by atoms with Crippen LogP contribution < -0.4 is 0 Å². The zero-order valence-electron chi connectivity index (χ0n) is 12.9. The molecule has 1 aromatic rings. The third-order valence-electron chi connectivity index (χ3n) is 4.30. The van der Waals surface area contributed by atoms with Crippen molar-refractivity contribution in [1.82, 2.24) is 0 Å². The van der Waals surface area contributed by atoms with E-state index in [2.05, 4.69) is 6.92 Å². The van der Waals surface area contributed by atoms with E-state index in [1.54, 1.807) is 0 Å². The van der Waals surface area contributed by atoms with Gasteiger partial charge in [-0.05, 0) is 18.4 Å². The molecule has 0 amide bonds. The molecule has 1 aromatic carbocycles. The number of unbranched alkanes of at least 4 members (excludes halogenated alkanes) is 5. The Morgan fingerprint density at radius 2 is 1.60 bits per heavy atom. The third-order valence-corrected chi connectivity index (χ3v) is 4.30. The van der Waals surface area contributed by atoms with E-state index in [0.717, 1.165) is 24.8 Å². The SMILES string of the molecule is CCCCCCCCC(CC)(C(=O)O)c1ccccc1. The molecular weight excluding hydrogens is 248 g/mol. The maximum absolute atomic E-state index is 11.8. The van der Waals surface area contributed by atoms with Crippen molar-refractivity contribution in [2.45, 2.75) is 70.6 Å². The average molecular weight is 276 g/mol. The summed E-state index contributed by atoms with van der Waals surface area (Å²) in [5.74, 6) is -0.681. The number of hydrogen-bond acceptors (Lipinski definition) is 1. The number of rotatable bonds is 10. The van der Waals surface area contributed by atoms with Gasteiger partial charge in [0, 0.05) is 0 Å². The second-order valence-corrected chi connectivity index (χ2v) is 5.62. The zero-order valence-corrected chi connectivity index (χ0v) is 12.9. The van der Waals surface area contributed by atoms with Gasteiger partial charge in [-0.1, -0.05) is 82.7 Å². The quantitative estimate of drug-likeness (QED) is 0.599. The van der Waals surface area contributed by atoms with Gasteiger partial charge in [-0.15, -0.1) is 0 Å². The van der Waals surface area contributed by atoms with Crippen molar-refractivity contribution in [2.75, 3.05) is 0 Å². The van der Waals surface area contributed by atoms with Gasteiger partial charge in [0.1, 0.15) is 0 Å². The number of aliphatic carboxylic acids is 1. The van der Waals surface area contributed by atoms with Gasteiger partial charge in [-0.3, -0.25) is 4.79 Å². The number of carboxylic acid groups (broad SMARTS) is 1. The molecule has 0 aliphatic rings. The summed E-state index contributed by atoms with van der Waals surface area (Å²) in [6, 6.07) is 9.72. The molecule has 0 spiro atoms. The molecule has 0 aliphatic carbocycles. The summed E-state index contributed by atoms with van der Waals surface area (Å²) in [5.41, 5.74) is 0.245. The van der Waals surface area contributed by atoms with Gasteiger partial charge in [-0.2, -0.15) is 0 Å². The molecule has 1 N–H and O–H groups in total. The lowest BCUT2D eigenvalue weighted by Gasteiger charge is -2.29. The van der Waals surface area contributed by atoms with E-state index < -0.39 is 11.4 Å². The predicted octanol–water partition coefficient (Wildman–Crippen LogP) is 5.17. The highest BCUT2D eigenvalue weighted by Crippen LogP contribution is 2.34. The largest absolute Gasteiger partial charge is 0.481 e. The van der Waals surface area contributed by atoms with E-state index in [4.69, 9.17) is 0 Å². The molecular formula is C18H28O2. The number of carbonyl (C=O) groups is 1. The molecule has 0 saturated carbocycles. The van der Waals surface area contributed by atoms with Crippen molar-refractivity contribution in [3.63, 3.8) is 0 Å². The average Bonchev–Trinajstić information content (AvgIpc) is 2.47. The predicted molar refractivity (Wildman–Crippen MR) is 84.0 cm³/mol. The third kappa shape index (κ3) is 4.36. The van der Waals surface area contributed by atoms with E-state index in [1.165, 1.54) is 25.7 Å². The molecule has 1 atom stereocenters. The fraction of sp³-hybridized carbons (Fsp3) is 0.611. The molecule has 0 bridgehead atoms. The van der Waals surface area contributed by atoms with Gasteiger partial charge >= 0.3 is 5.97 Å². The van der Waals surface area contributed by atoms with Crippen LogP contribution in [-0.4, -0.2) is 11.1 Å². The molecule has 1 unspecified atom stereocenters. The smallest absolute Gasteiger partial charge is 0.314 e. The minimum atomic E-state index is -0.702. The Morgan fingerprint density at radius 1 is 1.00 bits per heavy atom. The molecule has 1 rings (SSSR count). The zero-order chi connectivity index (χ0) is 14.8. The summed E-state index contributed by atoms with van der Waals surface area (Å²) in [6.45, 7) is 4.19. The van der Waals surface area contributed by atoms with Crippen LogP contribution in [0, 0.1) is 0 Å². The maximum Gasteiger partial charge on any atom is 0.314 e. The monoisotopic (exact) mass is 276 g/mol. The second kappa shape index (κ2) is 8.78. The molecule has 0 aliphatic heterocycles. The highest BCUT2D eigenvalue weighted by atomic mass is 16.4. The Kier molecular flexibility index (Phi) is 7.35. The lowest BCUT2D eigenvalue weighted by molar-refractivity contribution is -0.144. The van der Waals surface area contributed by atoms with E-state index in [9.17, 15) is 9.90 Å². The van der Waals surface area contributed by atoms with Gasteiger partial charge in [0.25, 0.3) is 0 Å². The fourth-order valence-corrected chi connectivity index (χ4v) is 2.87. The Morgan fingerprint density at radius 3 is 2.15 bits per heavy atom. The van der Waals surface area contributed by atoms with Crippen molar-refractivity contribution in [1.29, 1.82) is 0 Å². The van der Waals surface area contributed by atoms with Crippen LogP contribution in [0.25, 0.3) is 0 Å². The Hall–Kier alpha value is -1.31. The van der Waals surface area contributed by atoms with Crippen LogP contribution in [0.1, 0.15) is 70.8 Å². The Balaban J connectivity index is 2.64. The number of hydrogen-bond donors (Lipinski definition) is 1. The topological polar surface area (TPSA) is 37.3 Å². The highest BCUT2D eigenvalue weighted by molar-refractivity contribution is 5.81. The number of benzene rings is 1. The molecule has 0 fully saturated rings. The highest BCUT2D eigenvalue weighted by Gasteiger charge is 2.37. The van der Waals surface area contributed by atoms with Gasteiger partial charge in [0.15, 0.2) is 0 Å². The first-order valence-corrected chi connectivity index (χ1v) is 7.96. The first kappa shape index (κ1) is 16.7. The minimum Gasteiger partial charge on any atom is -0.481 e. The molecule has 20 heavy (non-hydrogen) atoms. The second-order valence-electron chi connectivity index (χ2n) is 5.62. The summed E-state index contributed by atoms with van der Waals surface area (Å²) >= 11 is 0. The summed E-state index contributed by atoms with van der Waals surface area (Å²) < 4.78 is 0. The lowest BCUT2D eigenvalue weighted by atomic mass is 9.74. The van der Waals surface area contributed by atoms with Gasteiger partial charge in [0.2, 0.25) is 0 Å². The number of carboxylic acids is 1. The standard InChI is InChI=1S/C18H28O2/c1-3-5-6-7-8-12-15-18(4-2,17(19)20)16-13-10-9-11-14-16/h9-11,13-14H,3-8,12,15H2,1-2H3,(H,19,20). The molecule has 0 heterocycles. The van der Waals surface area contributed by atoms with Crippen LogP contribution in [0.3, 0.4) is 0 Å². The Labute approximate surface area is 123 Å². The van der Waals surface area contributed by atoms with Crippen LogP contribution in [0.5, 0.6) is 0 Å². The summed E-state index contributed by atoms with van der Waals surface area (Å²) in [5, 5.41) is 9.72. The van der Waals surface area contributed by atoms with Crippen molar-refractivity contribution >= 4 is 5.97 Å². The van der Waals surface area contributed by atoms with E-state index in [-0.39, 0.29) is 0 Å². The minimum absolute atomic E-state index is 0.654. The first-order valence-electron chi connectivity index (χ1n) is 7.96. The van der Waals surface area contributed by atoms with E-state index in [1.807, 2.05) is 37.3 Å². The van der Waals surface area contributed by atoms with Gasteiger partial charge in [0.05, 0.1) is 5.41 Å². The molecule has 2 nitrogen and oxygen atoms in total. The summed E-state index contributed by atoms with van der Waals surface area (Å²) in [4.78, 5) is 11.8. The normalized spacial score (nSPS) is 13.9. The van der Waals surface area contributed by atoms with Crippen LogP contribution in [-0.2, 0) is 10.2 Å². The Bertz CT molecular complexity index is 386. The molecule has 2 heteroatoms. The summed E-state index contributed by atoms with van der Waals surface area (Å²) in [6.07, 6.45) is 8.57. The molecule has 0 aromatic heterocycles. The fourth-order valence-electron chi connectivity index (χ4n) is 2.87. The van der Waals surface area contributed by atoms with Crippen molar-refractivity contribution < 1.29 is 9.90 Å². The molecule has 0 radical (unpaired) electrons. The molecule has 0 saturated heterocycles. The van der Waals surface area contributed by atoms with Crippen molar-refractivity contribution in [2.24, 2.45) is 0 Å². The van der Waals surface area contributed by atoms with E-state index >= 15 is 0 Å². The van der Waals surface area contributed by atoms with Crippen LogP contribution in [0.4, 0.5) is 0 Å². The van der Waals surface area contributed by atoms with E-state index in [0.29, 0.717) is 6.42 Å². The van der Waals surface area contributed by atoms with Crippen LogP contribution in [0.2, 0.25) is 0 Å². The first-order chi connectivity index (χ1) is 9.67. The van der Waals surface area contributed by atoms with Gasteiger partial charge < -0.3 is 5.11 Å². The van der Waals surface area contributed by atoms with Crippen LogP contribution >= 0.6 is 0 Å². The van der Waals surface area contributed by atoms with Crippen LogP contribution in [0.15, 0.2) is 30.3 Å². The van der Waals surface area contributed by atoms with Crippen molar-refractivity contribution in [3.8, 4) is 0 Å². The van der Waals surface area contributed by atoms with Gasteiger partial charge in [-0.25, -0.2) is 0 Å². The summed E-state index contributed by atoms with van der Waals surface area (Å²) in [7, 11) is 0. The maximum atomic E-state index is 11.8. The molecule has 112 valence electrons.